The number of likely N-dealkylation sites (N-methyl/N-ethyl adjacent to an activating group) is 1. The highest BCUT2D eigenvalue weighted by atomic mass is 16.2. The van der Waals surface area contributed by atoms with E-state index in [-0.39, 0.29) is 36.6 Å². The van der Waals surface area contributed by atoms with E-state index in [1.165, 1.54) is 22.2 Å². The molecule has 0 radical (unpaired) electrons. The molecule has 1 aromatic heterocycles. The van der Waals surface area contributed by atoms with Crippen LogP contribution < -0.4 is 5.32 Å². The standard InChI is InChI=1S/C25H27N5O3/c1-16(2)12-21(29(3)22(31)17-8-10-27-11-9-17)23(32)30-15-25(13-18(30)14-26)19-6-4-5-7-20(19)28-24(25)33/h4-11,16,18,21H,12-13,15H2,1-3H3,(H,28,33)/t18-,21-,25-/m0/s1. The average molecular weight is 446 g/mol. The molecule has 1 aromatic carbocycles. The quantitative estimate of drug-likeness (QED) is 0.761. The number of nitriles is 1. The average Bonchev–Trinajstić information content (AvgIpc) is 3.35. The van der Waals surface area contributed by atoms with Gasteiger partial charge in [0.15, 0.2) is 0 Å². The number of para-hydroxylation sites is 1. The highest BCUT2D eigenvalue weighted by molar-refractivity contribution is 6.07. The van der Waals surface area contributed by atoms with Crippen molar-refractivity contribution in [1.29, 1.82) is 5.26 Å². The Morgan fingerprint density at radius 2 is 1.97 bits per heavy atom. The van der Waals surface area contributed by atoms with Crippen molar-refractivity contribution in [3.8, 4) is 6.07 Å². The summed E-state index contributed by atoms with van der Waals surface area (Å²) in [6.07, 6.45) is 3.74. The maximum atomic E-state index is 13.8. The van der Waals surface area contributed by atoms with Gasteiger partial charge in [-0.2, -0.15) is 5.26 Å². The van der Waals surface area contributed by atoms with Gasteiger partial charge in [-0.3, -0.25) is 19.4 Å². The van der Waals surface area contributed by atoms with Gasteiger partial charge in [0.1, 0.15) is 12.1 Å². The number of hydrogen-bond acceptors (Lipinski definition) is 5. The van der Waals surface area contributed by atoms with Crippen molar-refractivity contribution in [2.24, 2.45) is 5.92 Å². The molecule has 4 rings (SSSR count). The molecular weight excluding hydrogens is 418 g/mol. The number of benzene rings is 1. The fourth-order valence-corrected chi connectivity index (χ4v) is 4.89. The second-order valence-electron chi connectivity index (χ2n) is 9.19. The van der Waals surface area contributed by atoms with Crippen LogP contribution in [0.3, 0.4) is 0 Å². The van der Waals surface area contributed by atoms with Crippen LogP contribution in [0.1, 0.15) is 42.6 Å². The van der Waals surface area contributed by atoms with E-state index in [1.54, 1.807) is 19.2 Å². The molecule has 1 spiro atoms. The molecule has 33 heavy (non-hydrogen) atoms. The summed E-state index contributed by atoms with van der Waals surface area (Å²) in [6, 6.07) is 11.3. The molecule has 3 heterocycles. The molecule has 2 aromatic rings. The first kappa shape index (κ1) is 22.5. The molecule has 1 N–H and O–H groups in total. The Kier molecular flexibility index (Phi) is 5.90. The Hall–Kier alpha value is -3.73. The Morgan fingerprint density at radius 1 is 1.27 bits per heavy atom. The van der Waals surface area contributed by atoms with Crippen LogP contribution in [0.25, 0.3) is 0 Å². The zero-order valence-corrected chi connectivity index (χ0v) is 19.0. The van der Waals surface area contributed by atoms with Gasteiger partial charge in [-0.15, -0.1) is 0 Å². The number of amides is 3. The third kappa shape index (κ3) is 3.84. The lowest BCUT2D eigenvalue weighted by atomic mass is 9.80. The first-order valence-corrected chi connectivity index (χ1v) is 11.1. The maximum absolute atomic E-state index is 13.8. The number of nitrogens with one attached hydrogen (secondary N) is 1. The minimum atomic E-state index is -0.956. The number of fused-ring (bicyclic) bond motifs is 2. The van der Waals surface area contributed by atoms with Crippen molar-refractivity contribution >= 4 is 23.4 Å². The number of carbonyl (C=O) groups is 3. The van der Waals surface area contributed by atoms with E-state index >= 15 is 0 Å². The van der Waals surface area contributed by atoms with E-state index < -0.39 is 17.5 Å². The molecule has 3 atom stereocenters. The van der Waals surface area contributed by atoms with Crippen LogP contribution in [-0.4, -0.2) is 58.2 Å². The summed E-state index contributed by atoms with van der Waals surface area (Å²) in [7, 11) is 1.61. The van der Waals surface area contributed by atoms with Crippen molar-refractivity contribution in [3.05, 3.63) is 59.9 Å². The zero-order chi connectivity index (χ0) is 23.8. The number of hydrogen-bond donors (Lipinski definition) is 1. The summed E-state index contributed by atoms with van der Waals surface area (Å²) >= 11 is 0. The molecule has 1 fully saturated rings. The fourth-order valence-electron chi connectivity index (χ4n) is 4.89. The van der Waals surface area contributed by atoms with Crippen molar-refractivity contribution in [2.75, 3.05) is 18.9 Å². The number of aromatic nitrogens is 1. The van der Waals surface area contributed by atoms with Crippen molar-refractivity contribution < 1.29 is 14.4 Å². The van der Waals surface area contributed by atoms with Crippen molar-refractivity contribution in [3.63, 3.8) is 0 Å². The smallest absolute Gasteiger partial charge is 0.254 e. The van der Waals surface area contributed by atoms with E-state index in [9.17, 15) is 19.6 Å². The normalized spacial score (nSPS) is 22.1. The molecule has 0 bridgehead atoms. The van der Waals surface area contributed by atoms with Gasteiger partial charge in [0.25, 0.3) is 5.91 Å². The molecule has 0 unspecified atom stereocenters. The van der Waals surface area contributed by atoms with Crippen LogP contribution in [0.4, 0.5) is 5.69 Å². The first-order chi connectivity index (χ1) is 15.8. The minimum absolute atomic E-state index is 0.110. The Bertz CT molecular complexity index is 1130. The summed E-state index contributed by atoms with van der Waals surface area (Å²) in [4.78, 5) is 46.8. The molecule has 2 aliphatic heterocycles. The molecule has 2 aliphatic rings. The summed E-state index contributed by atoms with van der Waals surface area (Å²) in [5.41, 5.74) is 1.01. The van der Waals surface area contributed by atoms with Gasteiger partial charge < -0.3 is 15.1 Å². The summed E-state index contributed by atoms with van der Waals surface area (Å²) in [6.45, 7) is 4.08. The SMILES string of the molecule is CC(C)C[C@@H](C(=O)N1C[C@]2(C[C@H]1C#N)C(=O)Nc1ccccc12)N(C)C(=O)c1ccncc1. The van der Waals surface area contributed by atoms with Gasteiger partial charge in [-0.05, 0) is 36.1 Å². The molecule has 0 saturated carbocycles. The molecule has 1 saturated heterocycles. The number of anilines is 1. The Labute approximate surface area is 193 Å². The van der Waals surface area contributed by atoms with E-state index in [0.29, 0.717) is 12.0 Å². The van der Waals surface area contributed by atoms with E-state index in [2.05, 4.69) is 16.4 Å². The number of nitrogens with zero attached hydrogens (tertiary/aromatic N) is 4. The molecule has 3 amide bonds. The van der Waals surface area contributed by atoms with Gasteiger partial charge in [-0.25, -0.2) is 0 Å². The lowest BCUT2D eigenvalue weighted by molar-refractivity contribution is -0.136. The van der Waals surface area contributed by atoms with Crippen LogP contribution in [-0.2, 0) is 15.0 Å². The van der Waals surface area contributed by atoms with Crippen LogP contribution >= 0.6 is 0 Å². The van der Waals surface area contributed by atoms with E-state index in [1.807, 2.05) is 38.1 Å². The van der Waals surface area contributed by atoms with Gasteiger partial charge in [0.2, 0.25) is 11.8 Å². The number of likely N-dealkylation sites (tertiary alicyclic amines) is 1. The summed E-state index contributed by atoms with van der Waals surface area (Å²) in [5, 5.41) is 12.8. The second-order valence-corrected chi connectivity index (χ2v) is 9.19. The lowest BCUT2D eigenvalue weighted by Gasteiger charge is -2.33. The lowest BCUT2D eigenvalue weighted by Crippen LogP contribution is -2.52. The fraction of sp³-hybridized carbons (Fsp3) is 0.400. The van der Waals surface area contributed by atoms with Crippen molar-refractivity contribution in [2.45, 2.75) is 44.2 Å². The molecule has 170 valence electrons. The predicted octanol–water partition coefficient (Wildman–Crippen LogP) is 2.58. The molecule has 8 nitrogen and oxygen atoms in total. The Balaban J connectivity index is 1.66. The maximum Gasteiger partial charge on any atom is 0.254 e. The third-order valence-electron chi connectivity index (χ3n) is 6.61. The van der Waals surface area contributed by atoms with Crippen molar-refractivity contribution in [1.82, 2.24) is 14.8 Å². The second kappa shape index (κ2) is 8.66. The Morgan fingerprint density at radius 3 is 2.64 bits per heavy atom. The molecular formula is C25H27N5O3. The highest BCUT2D eigenvalue weighted by Crippen LogP contribution is 2.46. The van der Waals surface area contributed by atoms with E-state index in [4.69, 9.17) is 0 Å². The predicted molar refractivity (Wildman–Crippen MR) is 122 cm³/mol. The summed E-state index contributed by atoms with van der Waals surface area (Å²) < 4.78 is 0. The molecule has 0 aliphatic carbocycles. The van der Waals surface area contributed by atoms with E-state index in [0.717, 1.165) is 11.3 Å². The van der Waals surface area contributed by atoms with Crippen LogP contribution in [0.15, 0.2) is 48.8 Å². The van der Waals surface area contributed by atoms with Gasteiger partial charge in [0.05, 0.1) is 11.5 Å². The number of rotatable bonds is 5. The van der Waals surface area contributed by atoms with Gasteiger partial charge in [0, 0.05) is 43.7 Å². The number of carbonyl (C=O) groups excluding carboxylic acids is 3. The largest absolute Gasteiger partial charge is 0.330 e. The third-order valence-corrected chi connectivity index (χ3v) is 6.61. The van der Waals surface area contributed by atoms with Crippen LogP contribution in [0.2, 0.25) is 0 Å². The first-order valence-electron chi connectivity index (χ1n) is 11.1. The topological polar surface area (TPSA) is 106 Å². The van der Waals surface area contributed by atoms with Gasteiger partial charge >= 0.3 is 0 Å². The van der Waals surface area contributed by atoms with Gasteiger partial charge in [-0.1, -0.05) is 32.0 Å². The number of pyridine rings is 1. The monoisotopic (exact) mass is 445 g/mol. The molecule has 8 heteroatoms. The minimum Gasteiger partial charge on any atom is -0.330 e. The zero-order valence-electron chi connectivity index (χ0n) is 19.0. The van der Waals surface area contributed by atoms with Crippen LogP contribution in [0.5, 0.6) is 0 Å². The highest BCUT2D eigenvalue weighted by Gasteiger charge is 2.56. The summed E-state index contributed by atoms with van der Waals surface area (Å²) in [5.74, 6) is -0.655. The van der Waals surface area contributed by atoms with Crippen LogP contribution in [0, 0.1) is 17.2 Å².